The maximum atomic E-state index is 12.7. The molecule has 0 spiro atoms. The summed E-state index contributed by atoms with van der Waals surface area (Å²) in [6, 6.07) is 3.61. The molecule has 1 heterocycles. The van der Waals surface area contributed by atoms with Crippen LogP contribution in [0, 0.1) is 16.0 Å². The fraction of sp³-hybridized carbons (Fsp3) is 0.500. The quantitative estimate of drug-likeness (QED) is 0.447. The van der Waals surface area contributed by atoms with Crippen molar-refractivity contribution in [2.45, 2.75) is 13.3 Å². The third-order valence-corrected chi connectivity index (χ3v) is 3.97. The summed E-state index contributed by atoms with van der Waals surface area (Å²) in [6.07, 6.45) is 0.881. The molecule has 1 aromatic carbocycles. The van der Waals surface area contributed by atoms with Gasteiger partial charge in [-0.2, -0.15) is 0 Å². The van der Waals surface area contributed by atoms with E-state index in [0.29, 0.717) is 26.3 Å². The lowest BCUT2D eigenvalue weighted by Crippen LogP contribution is -2.35. The Morgan fingerprint density at radius 2 is 2.08 bits per heavy atom. The molecule has 1 unspecified atom stereocenters. The molecule has 1 amide bonds. The number of ether oxygens (including phenoxy) is 2. The zero-order valence-corrected chi connectivity index (χ0v) is 13.7. The summed E-state index contributed by atoms with van der Waals surface area (Å²) in [6.45, 7) is 4.11. The molecular formula is C16H20N2O6. The van der Waals surface area contributed by atoms with Crippen molar-refractivity contribution in [2.75, 3.05) is 33.4 Å². The lowest BCUT2D eigenvalue weighted by atomic mass is 10.1. The van der Waals surface area contributed by atoms with Gasteiger partial charge in [0.2, 0.25) is 0 Å². The van der Waals surface area contributed by atoms with E-state index in [4.69, 9.17) is 4.74 Å². The van der Waals surface area contributed by atoms with Crippen LogP contribution in [0.4, 0.5) is 5.69 Å². The average Bonchev–Trinajstić information content (AvgIpc) is 3.10. The second-order valence-corrected chi connectivity index (χ2v) is 5.59. The Kier molecular flexibility index (Phi) is 5.86. The van der Waals surface area contributed by atoms with Crippen LogP contribution in [0.1, 0.15) is 34.1 Å². The number of methoxy groups -OCH3 is 1. The first-order valence-electron chi connectivity index (χ1n) is 7.71. The van der Waals surface area contributed by atoms with Gasteiger partial charge in [-0.05, 0) is 19.4 Å². The van der Waals surface area contributed by atoms with Crippen molar-refractivity contribution < 1.29 is 24.0 Å². The van der Waals surface area contributed by atoms with Crippen molar-refractivity contribution in [3.8, 4) is 0 Å². The van der Waals surface area contributed by atoms with Crippen molar-refractivity contribution in [1.82, 2.24) is 4.90 Å². The SMILES string of the molecule is CCN(CC1CCOC1)C(=O)c1cc(C(=O)OC)cc([N+](=O)[O-])c1. The van der Waals surface area contributed by atoms with E-state index in [0.717, 1.165) is 12.5 Å². The largest absolute Gasteiger partial charge is 0.465 e. The van der Waals surface area contributed by atoms with E-state index in [1.54, 1.807) is 4.90 Å². The Morgan fingerprint density at radius 3 is 2.62 bits per heavy atom. The zero-order valence-electron chi connectivity index (χ0n) is 13.7. The maximum Gasteiger partial charge on any atom is 0.338 e. The predicted molar refractivity (Wildman–Crippen MR) is 84.9 cm³/mol. The van der Waals surface area contributed by atoms with Gasteiger partial charge in [-0.3, -0.25) is 14.9 Å². The summed E-state index contributed by atoms with van der Waals surface area (Å²) >= 11 is 0. The lowest BCUT2D eigenvalue weighted by Gasteiger charge is -2.24. The summed E-state index contributed by atoms with van der Waals surface area (Å²) in [5.41, 5.74) is -0.234. The smallest absolute Gasteiger partial charge is 0.338 e. The highest BCUT2D eigenvalue weighted by molar-refractivity contribution is 5.99. The van der Waals surface area contributed by atoms with E-state index < -0.39 is 10.9 Å². The molecule has 0 aromatic heterocycles. The number of hydrogen-bond acceptors (Lipinski definition) is 6. The Balaban J connectivity index is 2.29. The summed E-state index contributed by atoms with van der Waals surface area (Å²) in [5, 5.41) is 11.1. The molecule has 0 N–H and O–H groups in total. The van der Waals surface area contributed by atoms with Crippen LogP contribution in [-0.4, -0.2) is 55.1 Å². The number of rotatable bonds is 6. The minimum Gasteiger partial charge on any atom is -0.465 e. The summed E-state index contributed by atoms with van der Waals surface area (Å²) < 4.78 is 9.91. The van der Waals surface area contributed by atoms with Gasteiger partial charge in [-0.25, -0.2) is 4.79 Å². The first kappa shape index (κ1) is 17.9. The van der Waals surface area contributed by atoms with Crippen LogP contribution in [0.2, 0.25) is 0 Å². The van der Waals surface area contributed by atoms with E-state index >= 15 is 0 Å². The molecule has 130 valence electrons. The molecule has 0 aliphatic carbocycles. The van der Waals surface area contributed by atoms with E-state index in [1.165, 1.54) is 19.2 Å². The molecule has 1 atom stereocenters. The monoisotopic (exact) mass is 336 g/mol. The molecule has 1 aliphatic heterocycles. The number of carbonyl (C=O) groups is 2. The molecule has 1 aliphatic rings. The Hall–Kier alpha value is -2.48. The van der Waals surface area contributed by atoms with Crippen molar-refractivity contribution in [3.63, 3.8) is 0 Å². The summed E-state index contributed by atoms with van der Waals surface area (Å²) in [7, 11) is 1.18. The predicted octanol–water partition coefficient (Wildman–Crippen LogP) is 1.88. The fourth-order valence-electron chi connectivity index (χ4n) is 2.65. The fourth-order valence-corrected chi connectivity index (χ4v) is 2.65. The van der Waals surface area contributed by atoms with Crippen molar-refractivity contribution in [2.24, 2.45) is 5.92 Å². The summed E-state index contributed by atoms with van der Waals surface area (Å²) in [4.78, 5) is 36.5. The molecule has 0 bridgehead atoms. The molecule has 1 fully saturated rings. The van der Waals surface area contributed by atoms with Crippen LogP contribution < -0.4 is 0 Å². The third kappa shape index (κ3) is 4.08. The van der Waals surface area contributed by atoms with Crippen LogP contribution in [0.15, 0.2) is 18.2 Å². The highest BCUT2D eigenvalue weighted by Crippen LogP contribution is 2.21. The van der Waals surface area contributed by atoms with Crippen LogP contribution in [0.25, 0.3) is 0 Å². The van der Waals surface area contributed by atoms with Gasteiger partial charge >= 0.3 is 5.97 Å². The molecular weight excluding hydrogens is 316 g/mol. The van der Waals surface area contributed by atoms with Gasteiger partial charge in [0.05, 0.1) is 24.2 Å². The van der Waals surface area contributed by atoms with Gasteiger partial charge < -0.3 is 14.4 Å². The van der Waals surface area contributed by atoms with Crippen LogP contribution in [-0.2, 0) is 9.47 Å². The molecule has 8 heteroatoms. The first-order valence-corrected chi connectivity index (χ1v) is 7.71. The van der Waals surface area contributed by atoms with Crippen molar-refractivity contribution >= 4 is 17.6 Å². The molecule has 8 nitrogen and oxygen atoms in total. The highest BCUT2D eigenvalue weighted by Gasteiger charge is 2.25. The van der Waals surface area contributed by atoms with E-state index in [9.17, 15) is 19.7 Å². The molecule has 1 saturated heterocycles. The number of non-ortho nitro benzene ring substituents is 1. The van der Waals surface area contributed by atoms with Crippen LogP contribution in [0.5, 0.6) is 0 Å². The first-order chi connectivity index (χ1) is 11.5. The molecule has 1 aromatic rings. The van der Waals surface area contributed by atoms with Gasteiger partial charge in [0.25, 0.3) is 11.6 Å². The molecule has 2 rings (SSSR count). The molecule has 24 heavy (non-hydrogen) atoms. The zero-order chi connectivity index (χ0) is 17.7. The number of benzene rings is 1. The van der Waals surface area contributed by atoms with E-state index in [1.807, 2.05) is 6.92 Å². The third-order valence-electron chi connectivity index (χ3n) is 3.97. The second-order valence-electron chi connectivity index (χ2n) is 5.59. The number of carbonyl (C=O) groups excluding carboxylic acids is 2. The van der Waals surface area contributed by atoms with Gasteiger partial charge in [0.1, 0.15) is 0 Å². The van der Waals surface area contributed by atoms with Crippen LogP contribution >= 0.6 is 0 Å². The average molecular weight is 336 g/mol. The number of nitro groups is 1. The Bertz CT molecular complexity index is 639. The van der Waals surface area contributed by atoms with Crippen LogP contribution in [0.3, 0.4) is 0 Å². The lowest BCUT2D eigenvalue weighted by molar-refractivity contribution is -0.384. The number of nitrogens with zero attached hydrogens (tertiary/aromatic N) is 2. The topological polar surface area (TPSA) is 99.0 Å². The van der Waals surface area contributed by atoms with Gasteiger partial charge in [-0.1, -0.05) is 0 Å². The van der Waals surface area contributed by atoms with Gasteiger partial charge in [-0.15, -0.1) is 0 Å². The summed E-state index contributed by atoms with van der Waals surface area (Å²) in [5.74, 6) is -0.814. The Morgan fingerprint density at radius 1 is 1.38 bits per heavy atom. The van der Waals surface area contributed by atoms with Crippen molar-refractivity contribution in [1.29, 1.82) is 0 Å². The number of amides is 1. The van der Waals surface area contributed by atoms with Gasteiger partial charge in [0, 0.05) is 43.3 Å². The standard InChI is InChI=1S/C16H20N2O6/c1-3-17(9-11-4-5-24-10-11)15(19)12-6-13(16(20)23-2)8-14(7-12)18(21)22/h6-8,11H,3-5,9-10H2,1-2H3. The number of esters is 1. The molecule has 0 radical (unpaired) electrons. The maximum absolute atomic E-state index is 12.7. The van der Waals surface area contributed by atoms with E-state index in [-0.39, 0.29) is 28.6 Å². The molecule has 0 saturated carbocycles. The highest BCUT2D eigenvalue weighted by atomic mass is 16.6. The number of hydrogen-bond donors (Lipinski definition) is 0. The minimum atomic E-state index is -0.722. The Labute approximate surface area is 139 Å². The van der Waals surface area contributed by atoms with Crippen molar-refractivity contribution in [3.05, 3.63) is 39.4 Å². The minimum absolute atomic E-state index is 0.0182. The number of nitro benzene ring substituents is 1. The van der Waals surface area contributed by atoms with E-state index in [2.05, 4.69) is 4.74 Å². The normalized spacial score (nSPS) is 16.7. The second kappa shape index (κ2) is 7.87. The van der Waals surface area contributed by atoms with Gasteiger partial charge in [0.15, 0.2) is 0 Å².